The molecule has 1 saturated heterocycles. The number of nitrogens with zero attached hydrogens (tertiary/aromatic N) is 5. The van der Waals surface area contributed by atoms with E-state index in [2.05, 4.69) is 11.8 Å². The first kappa shape index (κ1) is 20.4. The number of carbonyl (C=O) groups excluding carboxylic acids is 1. The maximum Gasteiger partial charge on any atom is 0.260 e. The topological polar surface area (TPSA) is 61.8 Å². The first-order valence-electron chi connectivity index (χ1n) is 10.8. The molecule has 4 rings (SSSR count). The Labute approximate surface area is 178 Å². The summed E-state index contributed by atoms with van der Waals surface area (Å²) < 4.78 is 5.65. The normalized spacial score (nSPS) is 16.9. The smallest absolute Gasteiger partial charge is 0.260 e. The second-order valence-electron chi connectivity index (χ2n) is 8.50. The van der Waals surface area contributed by atoms with Crippen LogP contribution in [0.5, 0.6) is 5.75 Å². The van der Waals surface area contributed by atoms with Crippen molar-refractivity contribution in [3.63, 3.8) is 0 Å². The molecule has 160 valence electrons. The maximum absolute atomic E-state index is 12.7. The number of anilines is 2. The lowest BCUT2D eigenvalue weighted by atomic mass is 9.99. The first-order chi connectivity index (χ1) is 14.5. The predicted octanol–water partition coefficient (Wildman–Crippen LogP) is 2.74. The largest absolute Gasteiger partial charge is 0.484 e. The number of ether oxygens (including phenoxy) is 1. The van der Waals surface area contributed by atoms with E-state index in [0.29, 0.717) is 18.8 Å². The van der Waals surface area contributed by atoms with E-state index < -0.39 is 0 Å². The van der Waals surface area contributed by atoms with Gasteiger partial charge in [0, 0.05) is 45.7 Å². The van der Waals surface area contributed by atoms with E-state index in [4.69, 9.17) is 14.7 Å². The third kappa shape index (κ3) is 4.50. The van der Waals surface area contributed by atoms with Crippen molar-refractivity contribution in [3.8, 4) is 5.75 Å². The summed E-state index contributed by atoms with van der Waals surface area (Å²) in [4.78, 5) is 28.7. The summed E-state index contributed by atoms with van der Waals surface area (Å²) in [6.07, 6.45) is 3.11. The number of rotatable bonds is 5. The van der Waals surface area contributed by atoms with E-state index in [1.807, 2.05) is 54.2 Å². The van der Waals surface area contributed by atoms with Gasteiger partial charge in [-0.2, -0.15) is 4.98 Å². The summed E-state index contributed by atoms with van der Waals surface area (Å²) in [5.41, 5.74) is 2.11. The molecule has 0 unspecified atom stereocenters. The average Bonchev–Trinajstić information content (AvgIpc) is 2.77. The Morgan fingerprint density at radius 3 is 2.57 bits per heavy atom. The monoisotopic (exact) mass is 409 g/mol. The van der Waals surface area contributed by atoms with Crippen LogP contribution >= 0.6 is 0 Å². The van der Waals surface area contributed by atoms with E-state index in [0.717, 1.165) is 48.5 Å². The second-order valence-corrected chi connectivity index (χ2v) is 8.50. The van der Waals surface area contributed by atoms with Crippen molar-refractivity contribution in [1.29, 1.82) is 0 Å². The van der Waals surface area contributed by atoms with Crippen LogP contribution in [0, 0.1) is 5.92 Å². The summed E-state index contributed by atoms with van der Waals surface area (Å²) >= 11 is 0. The van der Waals surface area contributed by atoms with Crippen molar-refractivity contribution < 1.29 is 9.53 Å². The molecule has 2 aliphatic rings. The number of hydrogen-bond acceptors (Lipinski definition) is 6. The number of amides is 1. The highest BCUT2D eigenvalue weighted by Gasteiger charge is 2.28. The van der Waals surface area contributed by atoms with Gasteiger partial charge in [-0.1, -0.05) is 25.1 Å². The van der Waals surface area contributed by atoms with Gasteiger partial charge in [0.2, 0.25) is 5.95 Å². The number of hydrogen-bond donors (Lipinski definition) is 0. The lowest BCUT2D eigenvalue weighted by molar-refractivity contribution is -0.134. The highest BCUT2D eigenvalue weighted by atomic mass is 16.5. The minimum absolute atomic E-state index is 0.0108. The van der Waals surface area contributed by atoms with E-state index in [1.165, 1.54) is 12.8 Å². The Hall–Kier alpha value is -2.83. The Balaban J connectivity index is 1.49. The van der Waals surface area contributed by atoms with Crippen LogP contribution in [-0.4, -0.2) is 61.1 Å². The number of piperidine rings is 1. The summed E-state index contributed by atoms with van der Waals surface area (Å²) in [5.74, 6) is 3.21. The van der Waals surface area contributed by atoms with Crippen molar-refractivity contribution in [3.05, 3.63) is 41.6 Å². The maximum atomic E-state index is 12.7. The van der Waals surface area contributed by atoms with Crippen molar-refractivity contribution in [2.75, 3.05) is 50.1 Å². The predicted molar refractivity (Wildman–Crippen MR) is 118 cm³/mol. The molecule has 1 aromatic heterocycles. The van der Waals surface area contributed by atoms with Crippen LogP contribution in [-0.2, 0) is 17.8 Å². The Morgan fingerprint density at radius 2 is 1.87 bits per heavy atom. The fourth-order valence-corrected chi connectivity index (χ4v) is 4.07. The molecule has 0 N–H and O–H groups in total. The second kappa shape index (κ2) is 8.90. The molecular formula is C23H31N5O2. The number of para-hydroxylation sites is 1. The van der Waals surface area contributed by atoms with Gasteiger partial charge in [0.15, 0.2) is 6.61 Å². The molecule has 1 amide bonds. The van der Waals surface area contributed by atoms with Gasteiger partial charge >= 0.3 is 0 Å². The molecule has 0 atom stereocenters. The molecule has 2 aliphatic heterocycles. The number of carbonyl (C=O) groups is 1. The van der Waals surface area contributed by atoms with Crippen LogP contribution in [0.2, 0.25) is 0 Å². The summed E-state index contributed by atoms with van der Waals surface area (Å²) in [6.45, 7) is 5.55. The van der Waals surface area contributed by atoms with Crippen LogP contribution in [0.25, 0.3) is 0 Å². The molecule has 0 radical (unpaired) electrons. The van der Waals surface area contributed by atoms with Gasteiger partial charge in [-0.05, 0) is 30.9 Å². The highest BCUT2D eigenvalue weighted by molar-refractivity contribution is 5.78. The molecule has 3 heterocycles. The lowest BCUT2D eigenvalue weighted by Gasteiger charge is -2.34. The van der Waals surface area contributed by atoms with Crippen LogP contribution in [0.4, 0.5) is 11.8 Å². The zero-order valence-electron chi connectivity index (χ0n) is 18.2. The van der Waals surface area contributed by atoms with E-state index >= 15 is 0 Å². The molecule has 1 aromatic carbocycles. The van der Waals surface area contributed by atoms with E-state index in [9.17, 15) is 4.79 Å². The van der Waals surface area contributed by atoms with Gasteiger partial charge in [-0.3, -0.25) is 4.79 Å². The minimum atomic E-state index is -0.0108. The fraction of sp³-hybridized carbons (Fsp3) is 0.522. The first-order valence-corrected chi connectivity index (χ1v) is 10.8. The Kier molecular flexibility index (Phi) is 6.06. The van der Waals surface area contributed by atoms with Gasteiger partial charge in [0.05, 0.1) is 12.2 Å². The van der Waals surface area contributed by atoms with Gasteiger partial charge in [-0.25, -0.2) is 4.98 Å². The number of fused-ring (bicyclic) bond motifs is 1. The molecule has 7 nitrogen and oxygen atoms in total. The van der Waals surface area contributed by atoms with Crippen molar-refractivity contribution in [2.45, 2.75) is 32.7 Å². The number of aromatic nitrogens is 2. The molecule has 0 spiro atoms. The van der Waals surface area contributed by atoms with E-state index in [-0.39, 0.29) is 12.5 Å². The Bertz CT molecular complexity index is 879. The van der Waals surface area contributed by atoms with Crippen molar-refractivity contribution >= 4 is 17.7 Å². The average molecular weight is 410 g/mol. The van der Waals surface area contributed by atoms with Gasteiger partial charge in [0.25, 0.3) is 5.91 Å². The summed E-state index contributed by atoms with van der Waals surface area (Å²) in [7, 11) is 4.01. The molecule has 30 heavy (non-hydrogen) atoms. The third-order valence-electron chi connectivity index (χ3n) is 5.97. The molecule has 1 fully saturated rings. The van der Waals surface area contributed by atoms with Crippen molar-refractivity contribution in [2.24, 2.45) is 5.92 Å². The minimum Gasteiger partial charge on any atom is -0.484 e. The highest BCUT2D eigenvalue weighted by Crippen LogP contribution is 2.29. The summed E-state index contributed by atoms with van der Waals surface area (Å²) in [6, 6.07) is 9.45. The zero-order valence-corrected chi connectivity index (χ0v) is 18.2. The molecular weight excluding hydrogens is 378 g/mol. The van der Waals surface area contributed by atoms with E-state index in [1.54, 1.807) is 0 Å². The van der Waals surface area contributed by atoms with Crippen LogP contribution in [0.3, 0.4) is 0 Å². The quantitative estimate of drug-likeness (QED) is 0.757. The zero-order chi connectivity index (χ0) is 21.1. The van der Waals surface area contributed by atoms with Crippen LogP contribution in [0.1, 0.15) is 31.0 Å². The number of benzene rings is 1. The SMILES string of the molecule is CC1CCN(c2nc3c(c(N(C)C)n2)CN(C(=O)COc2ccccc2)CC3)CC1. The molecule has 0 saturated carbocycles. The summed E-state index contributed by atoms with van der Waals surface area (Å²) in [5, 5.41) is 0. The molecule has 2 aromatic rings. The van der Waals surface area contributed by atoms with Gasteiger partial charge in [0.1, 0.15) is 11.6 Å². The molecule has 0 aliphatic carbocycles. The van der Waals surface area contributed by atoms with Gasteiger partial charge in [-0.15, -0.1) is 0 Å². The third-order valence-corrected chi connectivity index (χ3v) is 5.97. The lowest BCUT2D eigenvalue weighted by Crippen LogP contribution is -2.41. The Morgan fingerprint density at radius 1 is 1.13 bits per heavy atom. The van der Waals surface area contributed by atoms with Crippen molar-refractivity contribution in [1.82, 2.24) is 14.9 Å². The molecule has 0 bridgehead atoms. The van der Waals surface area contributed by atoms with Gasteiger partial charge < -0.3 is 19.4 Å². The molecule has 7 heteroatoms. The standard InChI is InChI=1S/C23H31N5O2/c1-17-9-12-27(13-10-17)23-24-20-11-14-28(15-19(20)22(25-23)26(2)3)21(29)16-30-18-7-5-4-6-8-18/h4-8,17H,9-16H2,1-3H3. The fourth-order valence-electron chi connectivity index (χ4n) is 4.07. The van der Waals surface area contributed by atoms with Crippen LogP contribution in [0.15, 0.2) is 30.3 Å². The van der Waals surface area contributed by atoms with Crippen LogP contribution < -0.4 is 14.5 Å².